The number of morpholine rings is 1. The van der Waals surface area contributed by atoms with E-state index in [4.69, 9.17) is 4.74 Å². The molecule has 1 amide bonds. The monoisotopic (exact) mass is 359 g/mol. The van der Waals surface area contributed by atoms with Gasteiger partial charge in [-0.1, -0.05) is 32.0 Å². The molecule has 1 aliphatic heterocycles. The van der Waals surface area contributed by atoms with Gasteiger partial charge in [0.05, 0.1) is 18.5 Å². The first kappa shape index (κ1) is 18.5. The van der Waals surface area contributed by atoms with Crippen molar-refractivity contribution in [2.45, 2.75) is 20.0 Å². The van der Waals surface area contributed by atoms with E-state index in [2.05, 4.69) is 24.3 Å². The van der Waals surface area contributed by atoms with Gasteiger partial charge in [-0.05, 0) is 6.07 Å². The van der Waals surface area contributed by atoms with Crippen LogP contribution < -0.4 is 15.8 Å². The van der Waals surface area contributed by atoms with Crippen LogP contribution in [-0.2, 0) is 11.8 Å². The van der Waals surface area contributed by atoms with Crippen LogP contribution >= 0.6 is 0 Å². The van der Waals surface area contributed by atoms with Crippen LogP contribution in [0.1, 0.15) is 24.3 Å². The summed E-state index contributed by atoms with van der Waals surface area (Å²) < 4.78 is 7.01. The second-order valence-corrected chi connectivity index (χ2v) is 7.33. The summed E-state index contributed by atoms with van der Waals surface area (Å²) in [5.74, 6) is 0.357. The molecule has 1 unspecified atom stereocenters. The summed E-state index contributed by atoms with van der Waals surface area (Å²) in [7, 11) is 1.56. The largest absolute Gasteiger partial charge is 0.365 e. The molecule has 2 atom stereocenters. The normalized spacial score (nSPS) is 20.5. The zero-order chi connectivity index (χ0) is 18.7. The summed E-state index contributed by atoms with van der Waals surface area (Å²) in [6.07, 6.45) is 0.000228. The molecule has 0 bridgehead atoms. The molecule has 2 N–H and O–H groups in total. The van der Waals surface area contributed by atoms with Gasteiger partial charge in [-0.15, -0.1) is 0 Å². The van der Waals surface area contributed by atoms with Crippen LogP contribution in [0.5, 0.6) is 0 Å². The number of carbonyl (C=O) groups is 1. The molecule has 2 aromatic rings. The van der Waals surface area contributed by atoms with Crippen LogP contribution in [0, 0.1) is 5.92 Å². The summed E-state index contributed by atoms with van der Waals surface area (Å²) in [4.78, 5) is 26.4. The van der Waals surface area contributed by atoms with E-state index in [1.807, 2.05) is 0 Å². The van der Waals surface area contributed by atoms with Crippen molar-refractivity contribution in [1.29, 1.82) is 0 Å². The van der Waals surface area contributed by atoms with E-state index in [1.165, 1.54) is 9.58 Å². The Balaban J connectivity index is 1.70. The van der Waals surface area contributed by atoms with Gasteiger partial charge in [0, 0.05) is 24.9 Å². The second-order valence-electron chi connectivity index (χ2n) is 7.33. The Morgan fingerprint density at radius 1 is 1.38 bits per heavy atom. The van der Waals surface area contributed by atoms with Gasteiger partial charge in [0.25, 0.3) is 11.5 Å². The minimum atomic E-state index is -0.281. The highest BCUT2D eigenvalue weighted by atomic mass is 16.5. The number of aromatic nitrogens is 2. The van der Waals surface area contributed by atoms with Gasteiger partial charge in [0.15, 0.2) is 5.69 Å². The quantitative estimate of drug-likeness (QED) is 0.762. The Labute approximate surface area is 152 Å². The number of ether oxygens (including phenoxy) is 1. The van der Waals surface area contributed by atoms with Crippen molar-refractivity contribution < 1.29 is 14.4 Å². The lowest BCUT2D eigenvalue weighted by Crippen LogP contribution is -3.15. The van der Waals surface area contributed by atoms with Crippen molar-refractivity contribution in [3.05, 3.63) is 40.3 Å². The summed E-state index contributed by atoms with van der Waals surface area (Å²) in [6.45, 7) is 8.60. The Morgan fingerprint density at radius 2 is 2.12 bits per heavy atom. The summed E-state index contributed by atoms with van der Waals surface area (Å²) >= 11 is 0. The van der Waals surface area contributed by atoms with Crippen molar-refractivity contribution in [1.82, 2.24) is 15.1 Å². The zero-order valence-electron chi connectivity index (χ0n) is 15.6. The molecule has 0 aliphatic carbocycles. The van der Waals surface area contributed by atoms with Crippen LogP contribution in [0.3, 0.4) is 0 Å². The first-order valence-corrected chi connectivity index (χ1v) is 9.15. The van der Waals surface area contributed by atoms with Crippen LogP contribution in [-0.4, -0.2) is 54.6 Å². The fourth-order valence-corrected chi connectivity index (χ4v) is 3.50. The number of quaternary nitrogens is 1. The number of carbonyl (C=O) groups excluding carboxylic acids is 1. The number of amides is 1. The molecule has 3 rings (SSSR count). The number of hydrogen-bond acceptors (Lipinski definition) is 4. The number of hydrogen-bond donors (Lipinski definition) is 2. The zero-order valence-corrected chi connectivity index (χ0v) is 15.6. The van der Waals surface area contributed by atoms with Gasteiger partial charge in [-0.3, -0.25) is 9.59 Å². The third-order valence-electron chi connectivity index (χ3n) is 4.68. The molecule has 26 heavy (non-hydrogen) atoms. The summed E-state index contributed by atoms with van der Waals surface area (Å²) in [5.41, 5.74) is 0.0607. The lowest BCUT2D eigenvalue weighted by atomic mass is 10.1. The summed E-state index contributed by atoms with van der Waals surface area (Å²) in [6, 6.07) is 7.06. The lowest BCUT2D eigenvalue weighted by molar-refractivity contribution is -0.914. The number of nitrogens with zero attached hydrogens (tertiary/aromatic N) is 2. The highest BCUT2D eigenvalue weighted by Gasteiger charge is 2.25. The molecule has 1 fully saturated rings. The van der Waals surface area contributed by atoms with Crippen molar-refractivity contribution in [3.8, 4) is 0 Å². The molecule has 140 valence electrons. The maximum absolute atomic E-state index is 12.7. The highest BCUT2D eigenvalue weighted by Crippen LogP contribution is 2.12. The molecular formula is C19H27N4O3+. The highest BCUT2D eigenvalue weighted by molar-refractivity contribution is 6.04. The molecule has 1 saturated heterocycles. The van der Waals surface area contributed by atoms with Crippen LogP contribution in [0.25, 0.3) is 10.8 Å². The average Bonchev–Trinajstić information content (AvgIpc) is 2.62. The molecule has 7 heteroatoms. The number of benzene rings is 1. The predicted molar refractivity (Wildman–Crippen MR) is 99.5 cm³/mol. The Hall–Kier alpha value is -2.25. The molecule has 1 aromatic carbocycles. The van der Waals surface area contributed by atoms with Crippen molar-refractivity contribution in [2.24, 2.45) is 13.0 Å². The van der Waals surface area contributed by atoms with Gasteiger partial charge in [0.2, 0.25) is 0 Å². The third-order valence-corrected chi connectivity index (χ3v) is 4.68. The van der Waals surface area contributed by atoms with Crippen molar-refractivity contribution >= 4 is 16.7 Å². The van der Waals surface area contributed by atoms with E-state index >= 15 is 0 Å². The fraction of sp³-hybridized carbons (Fsp3) is 0.526. The van der Waals surface area contributed by atoms with Gasteiger partial charge in [-0.2, -0.15) is 5.10 Å². The van der Waals surface area contributed by atoms with E-state index in [0.29, 0.717) is 29.8 Å². The molecule has 2 heterocycles. The van der Waals surface area contributed by atoms with Gasteiger partial charge < -0.3 is 15.0 Å². The Bertz CT molecular complexity index is 846. The molecule has 7 nitrogen and oxygen atoms in total. The Kier molecular flexibility index (Phi) is 5.68. The van der Waals surface area contributed by atoms with Crippen LogP contribution in [0.15, 0.2) is 29.1 Å². The Morgan fingerprint density at radius 3 is 2.85 bits per heavy atom. The van der Waals surface area contributed by atoms with Crippen LogP contribution in [0.4, 0.5) is 0 Å². The second kappa shape index (κ2) is 7.97. The smallest absolute Gasteiger partial charge is 0.274 e. The topological polar surface area (TPSA) is 77.7 Å². The van der Waals surface area contributed by atoms with E-state index in [-0.39, 0.29) is 23.3 Å². The van der Waals surface area contributed by atoms with E-state index in [1.54, 1.807) is 31.3 Å². The molecular weight excluding hydrogens is 332 g/mol. The first-order valence-electron chi connectivity index (χ1n) is 9.15. The van der Waals surface area contributed by atoms with E-state index < -0.39 is 0 Å². The minimum absolute atomic E-state index is 0.000228. The number of aryl methyl sites for hydroxylation is 1. The molecule has 0 saturated carbocycles. The SMILES string of the molecule is CC(C)C[NH+]1CCO[C@H](CNC(=O)c2nn(C)c(=O)c3ccccc23)C1. The van der Waals surface area contributed by atoms with Gasteiger partial charge in [0.1, 0.15) is 19.2 Å². The van der Waals surface area contributed by atoms with Gasteiger partial charge >= 0.3 is 0 Å². The van der Waals surface area contributed by atoms with E-state index in [9.17, 15) is 9.59 Å². The molecule has 1 aromatic heterocycles. The molecule has 1 aliphatic rings. The first-order chi connectivity index (χ1) is 12.5. The minimum Gasteiger partial charge on any atom is -0.365 e. The molecule has 0 spiro atoms. The van der Waals surface area contributed by atoms with E-state index in [0.717, 1.165) is 19.6 Å². The predicted octanol–water partition coefficient (Wildman–Crippen LogP) is -0.397. The number of fused-ring (bicyclic) bond motifs is 1. The average molecular weight is 359 g/mol. The standard InChI is InChI=1S/C19H26N4O3/c1-13(2)11-23-8-9-26-14(12-23)10-20-18(24)17-15-6-4-5-7-16(15)19(25)22(3)21-17/h4-7,13-14H,8-12H2,1-3H3,(H,20,24)/p+1/t14-/m1/s1. The number of nitrogens with one attached hydrogen (secondary N) is 2. The van der Waals surface area contributed by atoms with Crippen molar-refractivity contribution in [3.63, 3.8) is 0 Å². The van der Waals surface area contributed by atoms with Crippen molar-refractivity contribution in [2.75, 3.05) is 32.8 Å². The summed E-state index contributed by atoms with van der Waals surface area (Å²) in [5, 5.41) is 8.16. The maximum atomic E-state index is 12.7. The lowest BCUT2D eigenvalue weighted by Gasteiger charge is -2.31. The number of rotatable bonds is 5. The van der Waals surface area contributed by atoms with Crippen LogP contribution in [0.2, 0.25) is 0 Å². The fourth-order valence-electron chi connectivity index (χ4n) is 3.50. The molecule has 0 radical (unpaired) electrons. The maximum Gasteiger partial charge on any atom is 0.274 e. The third kappa shape index (κ3) is 4.11. The van der Waals surface area contributed by atoms with Gasteiger partial charge in [-0.25, -0.2) is 4.68 Å².